The van der Waals surface area contributed by atoms with Crippen molar-refractivity contribution >= 4 is 23.2 Å². The van der Waals surface area contributed by atoms with Crippen LogP contribution in [0.3, 0.4) is 0 Å². The van der Waals surface area contributed by atoms with Gasteiger partial charge in [-0.05, 0) is 44.2 Å². The maximum absolute atomic E-state index is 12.9. The van der Waals surface area contributed by atoms with E-state index in [9.17, 15) is 9.59 Å². The third kappa shape index (κ3) is 4.49. The van der Waals surface area contributed by atoms with Crippen molar-refractivity contribution in [2.75, 3.05) is 53.4 Å². The number of likely N-dealkylation sites (tertiary alicyclic amines) is 1. The molecule has 4 rings (SSSR count). The van der Waals surface area contributed by atoms with Crippen LogP contribution >= 0.6 is 11.3 Å². The van der Waals surface area contributed by atoms with E-state index in [2.05, 4.69) is 16.9 Å². The second kappa shape index (κ2) is 9.14. The largest absolute Gasteiger partial charge is 0.497 e. The number of aromatic nitrogens is 1. The molecule has 0 atom stereocenters. The number of amides is 2. The number of ether oxygens (including phenoxy) is 1. The number of carbonyl (C=O) groups is 2. The van der Waals surface area contributed by atoms with Crippen molar-refractivity contribution in [3.05, 3.63) is 35.3 Å². The highest BCUT2D eigenvalue weighted by Crippen LogP contribution is 2.27. The summed E-state index contributed by atoms with van der Waals surface area (Å²) >= 11 is 1.47. The molecule has 8 heteroatoms. The quantitative estimate of drug-likeness (QED) is 0.748. The second-order valence-corrected chi connectivity index (χ2v) is 8.82. The van der Waals surface area contributed by atoms with E-state index < -0.39 is 0 Å². The summed E-state index contributed by atoms with van der Waals surface area (Å²) in [5.41, 5.74) is 1.45. The molecular weight excluding hydrogens is 400 g/mol. The van der Waals surface area contributed by atoms with Gasteiger partial charge < -0.3 is 19.4 Å². The van der Waals surface area contributed by atoms with E-state index in [0.29, 0.717) is 18.8 Å². The second-order valence-electron chi connectivity index (χ2n) is 7.96. The number of hydrogen-bond donors (Lipinski definition) is 0. The molecule has 2 saturated heterocycles. The fraction of sp³-hybridized carbons (Fsp3) is 0.500. The zero-order valence-electron chi connectivity index (χ0n) is 17.5. The summed E-state index contributed by atoms with van der Waals surface area (Å²) in [7, 11) is 3.72. The molecule has 0 N–H and O–H groups in total. The van der Waals surface area contributed by atoms with Crippen molar-refractivity contribution in [2.24, 2.45) is 5.92 Å². The van der Waals surface area contributed by atoms with E-state index in [1.54, 1.807) is 7.11 Å². The Balaban J connectivity index is 1.33. The van der Waals surface area contributed by atoms with E-state index in [1.165, 1.54) is 11.3 Å². The first-order chi connectivity index (χ1) is 14.5. The molecule has 2 aliphatic heterocycles. The number of nitrogens with zero attached hydrogens (tertiary/aromatic N) is 4. The Morgan fingerprint density at radius 2 is 1.67 bits per heavy atom. The van der Waals surface area contributed by atoms with Crippen LogP contribution in [0.15, 0.2) is 29.6 Å². The molecule has 160 valence electrons. The van der Waals surface area contributed by atoms with E-state index in [1.807, 2.05) is 39.4 Å². The number of hydrogen-bond acceptors (Lipinski definition) is 6. The number of piperazine rings is 1. The van der Waals surface area contributed by atoms with Crippen molar-refractivity contribution in [2.45, 2.75) is 12.8 Å². The maximum atomic E-state index is 12.9. The summed E-state index contributed by atoms with van der Waals surface area (Å²) in [6.07, 6.45) is 1.46. The van der Waals surface area contributed by atoms with Crippen LogP contribution in [0.5, 0.6) is 5.75 Å². The summed E-state index contributed by atoms with van der Waals surface area (Å²) in [6.45, 7) is 4.70. The number of carbonyl (C=O) groups excluding carboxylic acids is 2. The number of methoxy groups -OCH3 is 1. The van der Waals surface area contributed by atoms with Crippen LogP contribution in [0.4, 0.5) is 0 Å². The number of benzene rings is 1. The molecule has 1 aromatic heterocycles. The predicted octanol–water partition coefficient (Wildman–Crippen LogP) is 2.44. The Morgan fingerprint density at radius 3 is 2.30 bits per heavy atom. The van der Waals surface area contributed by atoms with Gasteiger partial charge >= 0.3 is 0 Å². The van der Waals surface area contributed by atoms with Crippen LogP contribution in [-0.2, 0) is 4.79 Å². The van der Waals surface area contributed by atoms with Crippen LogP contribution in [0.2, 0.25) is 0 Å². The maximum Gasteiger partial charge on any atom is 0.273 e. The van der Waals surface area contributed by atoms with Gasteiger partial charge in [0.05, 0.1) is 7.11 Å². The summed E-state index contributed by atoms with van der Waals surface area (Å²) in [6, 6.07) is 7.67. The minimum absolute atomic E-state index is 0.0303. The van der Waals surface area contributed by atoms with Gasteiger partial charge in [-0.15, -0.1) is 11.3 Å². The molecule has 2 aromatic rings. The summed E-state index contributed by atoms with van der Waals surface area (Å²) in [4.78, 5) is 36.3. The van der Waals surface area contributed by atoms with Gasteiger partial charge in [-0.2, -0.15) is 0 Å². The lowest BCUT2D eigenvalue weighted by molar-refractivity contribution is -0.138. The van der Waals surface area contributed by atoms with Gasteiger partial charge in [0.2, 0.25) is 5.91 Å². The molecule has 3 heterocycles. The first-order valence-electron chi connectivity index (χ1n) is 10.4. The Labute approximate surface area is 181 Å². The molecule has 0 saturated carbocycles. The Morgan fingerprint density at radius 1 is 1.00 bits per heavy atom. The molecule has 2 amide bonds. The van der Waals surface area contributed by atoms with Crippen molar-refractivity contribution in [1.29, 1.82) is 0 Å². The minimum Gasteiger partial charge on any atom is -0.497 e. The molecule has 0 aliphatic carbocycles. The van der Waals surface area contributed by atoms with Gasteiger partial charge in [-0.25, -0.2) is 4.98 Å². The van der Waals surface area contributed by atoms with Crippen LogP contribution in [0.25, 0.3) is 10.6 Å². The van der Waals surface area contributed by atoms with E-state index in [0.717, 1.165) is 55.3 Å². The Kier molecular flexibility index (Phi) is 6.34. The lowest BCUT2D eigenvalue weighted by Crippen LogP contribution is -2.51. The number of thiazole rings is 1. The van der Waals surface area contributed by atoms with Crippen molar-refractivity contribution in [3.8, 4) is 16.3 Å². The highest BCUT2D eigenvalue weighted by molar-refractivity contribution is 7.13. The predicted molar refractivity (Wildman–Crippen MR) is 117 cm³/mol. The minimum atomic E-state index is -0.0449. The standard InChI is InChI=1S/C22H28N4O3S/c1-24-11-13-26(14-12-24)21(27)17-7-9-25(10-8-17)22(28)19-15-30-20(23-19)16-3-5-18(29-2)6-4-16/h3-6,15,17H,7-14H2,1-2H3. The van der Waals surface area contributed by atoms with Crippen molar-refractivity contribution in [3.63, 3.8) is 0 Å². The van der Waals surface area contributed by atoms with E-state index >= 15 is 0 Å². The third-order valence-corrected chi connectivity index (χ3v) is 6.90. The fourth-order valence-corrected chi connectivity index (χ4v) is 4.81. The topological polar surface area (TPSA) is 66.0 Å². The average molecular weight is 429 g/mol. The SMILES string of the molecule is COc1ccc(-c2nc(C(=O)N3CCC(C(=O)N4CCN(C)CC4)CC3)cs2)cc1. The molecule has 2 fully saturated rings. The lowest BCUT2D eigenvalue weighted by Gasteiger charge is -2.37. The number of rotatable bonds is 4. The van der Waals surface area contributed by atoms with Gasteiger partial charge in [-0.3, -0.25) is 9.59 Å². The Bertz CT molecular complexity index is 882. The monoisotopic (exact) mass is 428 g/mol. The molecule has 30 heavy (non-hydrogen) atoms. The van der Waals surface area contributed by atoms with Crippen LogP contribution in [0.1, 0.15) is 23.3 Å². The van der Waals surface area contributed by atoms with Crippen LogP contribution in [0, 0.1) is 5.92 Å². The lowest BCUT2D eigenvalue weighted by atomic mass is 9.94. The molecule has 2 aliphatic rings. The van der Waals surface area contributed by atoms with Gasteiger partial charge in [0.15, 0.2) is 0 Å². The van der Waals surface area contributed by atoms with Crippen LogP contribution in [-0.4, -0.2) is 84.9 Å². The van der Waals surface area contributed by atoms with E-state index in [-0.39, 0.29) is 17.7 Å². The molecule has 1 aromatic carbocycles. The number of likely N-dealkylation sites (N-methyl/N-ethyl adjacent to an activating group) is 1. The zero-order chi connectivity index (χ0) is 21.1. The molecule has 7 nitrogen and oxygen atoms in total. The summed E-state index contributed by atoms with van der Waals surface area (Å²) in [5, 5.41) is 2.64. The summed E-state index contributed by atoms with van der Waals surface area (Å²) in [5.74, 6) is 1.03. The first-order valence-corrected chi connectivity index (χ1v) is 11.3. The number of piperidine rings is 1. The molecule has 0 radical (unpaired) electrons. The normalized spacial score (nSPS) is 18.5. The molecule has 0 spiro atoms. The van der Waals surface area contributed by atoms with Crippen molar-refractivity contribution < 1.29 is 14.3 Å². The zero-order valence-corrected chi connectivity index (χ0v) is 18.4. The smallest absolute Gasteiger partial charge is 0.273 e. The fourth-order valence-electron chi connectivity index (χ4n) is 4.01. The average Bonchev–Trinajstić information content (AvgIpc) is 3.29. The molecular formula is C22H28N4O3S. The highest BCUT2D eigenvalue weighted by atomic mass is 32.1. The highest BCUT2D eigenvalue weighted by Gasteiger charge is 2.32. The van der Waals surface area contributed by atoms with Crippen molar-refractivity contribution in [1.82, 2.24) is 19.7 Å². The third-order valence-electron chi connectivity index (χ3n) is 6.01. The van der Waals surface area contributed by atoms with E-state index in [4.69, 9.17) is 4.74 Å². The first kappa shape index (κ1) is 20.8. The Hall–Kier alpha value is -2.45. The molecule has 0 bridgehead atoms. The van der Waals surface area contributed by atoms with Gasteiger partial charge in [0.1, 0.15) is 16.5 Å². The van der Waals surface area contributed by atoms with Gasteiger partial charge in [-0.1, -0.05) is 0 Å². The van der Waals surface area contributed by atoms with Gasteiger partial charge in [0.25, 0.3) is 5.91 Å². The van der Waals surface area contributed by atoms with Gasteiger partial charge in [0, 0.05) is 56.1 Å². The molecule has 0 unspecified atom stereocenters. The van der Waals surface area contributed by atoms with Crippen LogP contribution < -0.4 is 4.74 Å². The summed E-state index contributed by atoms with van der Waals surface area (Å²) < 4.78 is 5.19.